The van der Waals surface area contributed by atoms with Crippen LogP contribution in [-0.4, -0.2) is 4.57 Å². The van der Waals surface area contributed by atoms with Crippen LogP contribution in [0.25, 0.3) is 0 Å². The Morgan fingerprint density at radius 2 is 1.70 bits per heavy atom. The summed E-state index contributed by atoms with van der Waals surface area (Å²) in [4.78, 5) is 13.5. The highest BCUT2D eigenvalue weighted by Crippen LogP contribution is 2.38. The maximum atomic E-state index is 13.5. The van der Waals surface area contributed by atoms with E-state index >= 15 is 0 Å². The number of hydrogen-bond acceptors (Lipinski definition) is 4. The summed E-state index contributed by atoms with van der Waals surface area (Å²) >= 11 is 0. The third-order valence-corrected chi connectivity index (χ3v) is 5.56. The SMILES string of the molecule is Cc1cc2c(c(=O)n1CCc1ccccc1)[C@@H](Cc1ccccc1)C(C#N)=C(N)O2. The number of aryl methyl sites for hydroxylation is 2. The highest BCUT2D eigenvalue weighted by Gasteiger charge is 2.33. The van der Waals surface area contributed by atoms with E-state index in [4.69, 9.17) is 10.5 Å². The summed E-state index contributed by atoms with van der Waals surface area (Å²) in [6.07, 6.45) is 1.26. The molecule has 1 atom stereocenters. The molecule has 2 aromatic carbocycles. The molecule has 0 saturated heterocycles. The summed E-state index contributed by atoms with van der Waals surface area (Å²) in [5, 5.41) is 9.73. The van der Waals surface area contributed by atoms with Crippen LogP contribution in [0.4, 0.5) is 0 Å². The Bertz CT molecular complexity index is 1190. The summed E-state index contributed by atoms with van der Waals surface area (Å²) in [5.41, 5.74) is 9.74. The highest BCUT2D eigenvalue weighted by atomic mass is 16.5. The molecule has 1 aliphatic heterocycles. The van der Waals surface area contributed by atoms with Gasteiger partial charge in [-0.05, 0) is 30.9 Å². The van der Waals surface area contributed by atoms with Gasteiger partial charge in [-0.15, -0.1) is 0 Å². The van der Waals surface area contributed by atoms with Crippen molar-refractivity contribution in [2.75, 3.05) is 0 Å². The zero-order valence-electron chi connectivity index (χ0n) is 16.8. The van der Waals surface area contributed by atoms with Crippen LogP contribution in [0.3, 0.4) is 0 Å². The van der Waals surface area contributed by atoms with Crippen molar-refractivity contribution in [2.45, 2.75) is 32.2 Å². The Hall–Kier alpha value is -3.78. The zero-order valence-corrected chi connectivity index (χ0v) is 16.8. The topological polar surface area (TPSA) is 81.0 Å². The molecule has 2 N–H and O–H groups in total. The fourth-order valence-electron chi connectivity index (χ4n) is 4.00. The highest BCUT2D eigenvalue weighted by molar-refractivity contribution is 5.50. The summed E-state index contributed by atoms with van der Waals surface area (Å²) in [6.45, 7) is 2.45. The summed E-state index contributed by atoms with van der Waals surface area (Å²) in [7, 11) is 0. The Kier molecular flexibility index (Phi) is 5.40. The van der Waals surface area contributed by atoms with Gasteiger partial charge in [-0.25, -0.2) is 0 Å². The van der Waals surface area contributed by atoms with E-state index in [0.29, 0.717) is 29.9 Å². The van der Waals surface area contributed by atoms with Crippen molar-refractivity contribution < 1.29 is 4.74 Å². The summed E-state index contributed by atoms with van der Waals surface area (Å²) < 4.78 is 7.47. The van der Waals surface area contributed by atoms with Crippen LogP contribution in [0, 0.1) is 18.3 Å². The fourth-order valence-corrected chi connectivity index (χ4v) is 4.00. The molecule has 0 unspecified atom stereocenters. The summed E-state index contributed by atoms with van der Waals surface area (Å²) in [5.74, 6) is 0.0925. The first kappa shape index (κ1) is 19.5. The Morgan fingerprint density at radius 1 is 1.07 bits per heavy atom. The predicted octanol–water partition coefficient (Wildman–Crippen LogP) is 3.81. The number of pyridine rings is 1. The van der Waals surface area contributed by atoms with E-state index in [2.05, 4.69) is 18.2 Å². The van der Waals surface area contributed by atoms with Gasteiger partial charge < -0.3 is 15.0 Å². The minimum Gasteiger partial charge on any atom is -0.440 e. The molecule has 0 fully saturated rings. The minimum absolute atomic E-state index is 0.0757. The van der Waals surface area contributed by atoms with Gasteiger partial charge >= 0.3 is 0 Å². The van der Waals surface area contributed by atoms with E-state index < -0.39 is 5.92 Å². The predicted molar refractivity (Wildman–Crippen MR) is 116 cm³/mol. The molecule has 5 nitrogen and oxygen atoms in total. The number of hydrogen-bond donors (Lipinski definition) is 1. The number of nitriles is 1. The van der Waals surface area contributed by atoms with Crippen molar-refractivity contribution in [1.29, 1.82) is 5.26 Å². The average Bonchev–Trinajstić information content (AvgIpc) is 2.75. The lowest BCUT2D eigenvalue weighted by molar-refractivity contribution is 0.382. The molecule has 0 saturated carbocycles. The van der Waals surface area contributed by atoms with Gasteiger partial charge in [0.25, 0.3) is 5.56 Å². The number of nitrogens with two attached hydrogens (primary N) is 1. The van der Waals surface area contributed by atoms with Crippen molar-refractivity contribution in [3.05, 3.63) is 111 Å². The monoisotopic (exact) mass is 397 g/mol. The third-order valence-electron chi connectivity index (χ3n) is 5.56. The maximum absolute atomic E-state index is 13.5. The van der Waals surface area contributed by atoms with Crippen molar-refractivity contribution in [3.8, 4) is 11.8 Å². The molecule has 5 heteroatoms. The van der Waals surface area contributed by atoms with Gasteiger partial charge in [-0.1, -0.05) is 60.7 Å². The van der Waals surface area contributed by atoms with Crippen molar-refractivity contribution in [2.24, 2.45) is 5.73 Å². The molecule has 1 aliphatic rings. The quantitative estimate of drug-likeness (QED) is 0.710. The molecule has 3 aromatic rings. The van der Waals surface area contributed by atoms with E-state index in [1.807, 2.05) is 61.5 Å². The van der Waals surface area contributed by atoms with E-state index in [9.17, 15) is 10.1 Å². The number of fused-ring (bicyclic) bond motifs is 1. The second-order valence-electron chi connectivity index (χ2n) is 7.49. The van der Waals surface area contributed by atoms with Gasteiger partial charge in [0, 0.05) is 24.2 Å². The first-order chi connectivity index (χ1) is 14.6. The molecule has 0 spiro atoms. The van der Waals surface area contributed by atoms with Gasteiger partial charge in [0.1, 0.15) is 11.8 Å². The lowest BCUT2D eigenvalue weighted by atomic mass is 9.85. The van der Waals surface area contributed by atoms with Gasteiger partial charge in [0.05, 0.1) is 11.1 Å². The second kappa shape index (κ2) is 8.30. The van der Waals surface area contributed by atoms with Gasteiger partial charge in [0.15, 0.2) is 0 Å². The molecule has 0 radical (unpaired) electrons. The molecule has 150 valence electrons. The molecular formula is C25H23N3O2. The van der Waals surface area contributed by atoms with E-state index in [-0.39, 0.29) is 11.4 Å². The fraction of sp³-hybridized carbons (Fsp3) is 0.200. The normalized spacial score (nSPS) is 15.3. The van der Waals surface area contributed by atoms with Crippen LogP contribution >= 0.6 is 0 Å². The molecule has 0 amide bonds. The molecular weight excluding hydrogens is 374 g/mol. The molecule has 0 bridgehead atoms. The lowest BCUT2D eigenvalue weighted by Gasteiger charge is -2.27. The largest absolute Gasteiger partial charge is 0.440 e. The van der Waals surface area contributed by atoms with E-state index in [0.717, 1.165) is 17.7 Å². The van der Waals surface area contributed by atoms with Crippen LogP contribution in [-0.2, 0) is 19.4 Å². The molecule has 2 heterocycles. The Balaban J connectivity index is 1.76. The number of allylic oxidation sites excluding steroid dienone is 1. The third kappa shape index (κ3) is 3.72. The van der Waals surface area contributed by atoms with Gasteiger partial charge in [0.2, 0.25) is 5.88 Å². The minimum atomic E-state index is -0.433. The Morgan fingerprint density at radius 3 is 2.33 bits per heavy atom. The van der Waals surface area contributed by atoms with Crippen LogP contribution in [0.5, 0.6) is 5.75 Å². The van der Waals surface area contributed by atoms with Gasteiger partial charge in [-0.3, -0.25) is 4.79 Å². The van der Waals surface area contributed by atoms with Crippen molar-refractivity contribution >= 4 is 0 Å². The van der Waals surface area contributed by atoms with Gasteiger partial charge in [-0.2, -0.15) is 5.26 Å². The second-order valence-corrected chi connectivity index (χ2v) is 7.49. The first-order valence-electron chi connectivity index (χ1n) is 9.98. The number of nitrogens with zero attached hydrogens (tertiary/aromatic N) is 2. The number of ether oxygens (including phenoxy) is 1. The molecule has 0 aliphatic carbocycles. The molecule has 30 heavy (non-hydrogen) atoms. The van der Waals surface area contributed by atoms with Crippen molar-refractivity contribution in [1.82, 2.24) is 4.57 Å². The molecule has 1 aromatic heterocycles. The lowest BCUT2D eigenvalue weighted by Crippen LogP contribution is -2.33. The average molecular weight is 397 g/mol. The number of aromatic nitrogens is 1. The number of rotatable bonds is 5. The smallest absolute Gasteiger partial charge is 0.258 e. The van der Waals surface area contributed by atoms with Crippen molar-refractivity contribution in [3.63, 3.8) is 0 Å². The number of benzene rings is 2. The van der Waals surface area contributed by atoms with E-state index in [1.54, 1.807) is 4.57 Å². The first-order valence-corrected chi connectivity index (χ1v) is 9.98. The van der Waals surface area contributed by atoms with E-state index in [1.165, 1.54) is 5.56 Å². The van der Waals surface area contributed by atoms with Crippen LogP contribution in [0.1, 0.15) is 28.3 Å². The standard InChI is InChI=1S/C25H23N3O2/c1-17-14-22-23(25(29)28(17)13-12-18-8-4-2-5-9-18)20(21(16-26)24(27)30-22)15-19-10-6-3-7-11-19/h2-11,14,20H,12-13,15,27H2,1H3/t20-/m0/s1. The zero-order chi connectivity index (χ0) is 21.1. The summed E-state index contributed by atoms with van der Waals surface area (Å²) in [6, 6.07) is 23.9. The molecule has 4 rings (SSSR count). The Labute approximate surface area is 175 Å². The van der Waals surface area contributed by atoms with Crippen LogP contribution in [0.2, 0.25) is 0 Å². The maximum Gasteiger partial charge on any atom is 0.258 e. The van der Waals surface area contributed by atoms with Crippen LogP contribution < -0.4 is 16.0 Å². The van der Waals surface area contributed by atoms with Crippen LogP contribution in [0.15, 0.2) is 83.0 Å².